The maximum absolute atomic E-state index is 5.88. The van der Waals surface area contributed by atoms with Gasteiger partial charge in [0.05, 0.1) is 0 Å². The highest BCUT2D eigenvalue weighted by Crippen LogP contribution is 2.31. The molecule has 0 fully saturated rings. The Labute approximate surface area is 181 Å². The summed E-state index contributed by atoms with van der Waals surface area (Å²) in [6, 6.07) is 18.9. The number of anilines is 2. The van der Waals surface area contributed by atoms with Gasteiger partial charge in [0.25, 0.3) is 0 Å². The molecule has 0 atom stereocenters. The number of aromatic nitrogens is 3. The van der Waals surface area contributed by atoms with Crippen LogP contribution >= 0.6 is 0 Å². The van der Waals surface area contributed by atoms with Gasteiger partial charge in [-0.05, 0) is 35.7 Å². The van der Waals surface area contributed by atoms with Crippen LogP contribution in [0.2, 0.25) is 0 Å². The van der Waals surface area contributed by atoms with Gasteiger partial charge in [-0.3, -0.25) is 0 Å². The average Bonchev–Trinajstić information content (AvgIpc) is 3.47. The molecule has 5 rings (SSSR count). The van der Waals surface area contributed by atoms with Gasteiger partial charge in [-0.1, -0.05) is 42.5 Å². The Morgan fingerprint density at radius 1 is 1.06 bits per heavy atom. The molecular formula is C24H25N7. The summed E-state index contributed by atoms with van der Waals surface area (Å²) in [4.78, 5) is 12.2. The van der Waals surface area contributed by atoms with Crippen LogP contribution in [0.4, 0.5) is 11.8 Å². The molecule has 2 aromatic heterocycles. The number of para-hydroxylation sites is 1. The highest BCUT2D eigenvalue weighted by Gasteiger charge is 2.11. The number of nitrogen functional groups attached to an aromatic ring is 1. The van der Waals surface area contributed by atoms with Crippen LogP contribution < -0.4 is 16.5 Å². The summed E-state index contributed by atoms with van der Waals surface area (Å²) in [5.74, 6) is 1.03. The van der Waals surface area contributed by atoms with Crippen molar-refractivity contribution in [3.8, 4) is 22.4 Å². The van der Waals surface area contributed by atoms with Crippen molar-refractivity contribution in [3.63, 3.8) is 0 Å². The van der Waals surface area contributed by atoms with Crippen molar-refractivity contribution >= 4 is 22.7 Å². The molecule has 31 heavy (non-hydrogen) atoms. The van der Waals surface area contributed by atoms with Crippen LogP contribution in [0.1, 0.15) is 6.42 Å². The van der Waals surface area contributed by atoms with E-state index >= 15 is 0 Å². The van der Waals surface area contributed by atoms with E-state index in [1.807, 2.05) is 12.3 Å². The van der Waals surface area contributed by atoms with Crippen molar-refractivity contribution in [1.29, 1.82) is 0 Å². The lowest BCUT2D eigenvalue weighted by Gasteiger charge is -2.16. The van der Waals surface area contributed by atoms with Gasteiger partial charge in [-0.15, -0.1) is 0 Å². The number of hydrogen-bond donors (Lipinski definition) is 4. The second kappa shape index (κ2) is 8.49. The predicted octanol–water partition coefficient (Wildman–Crippen LogP) is 4.01. The number of nitrogens with zero attached hydrogens (tertiary/aromatic N) is 3. The third-order valence-electron chi connectivity index (χ3n) is 5.42. The molecule has 0 saturated carbocycles. The predicted molar refractivity (Wildman–Crippen MR) is 126 cm³/mol. The Hall–Kier alpha value is -3.84. The Kier molecular flexibility index (Phi) is 5.24. The second-order valence-corrected chi connectivity index (χ2v) is 7.60. The van der Waals surface area contributed by atoms with E-state index in [-0.39, 0.29) is 5.95 Å². The maximum Gasteiger partial charge on any atom is 0.221 e. The van der Waals surface area contributed by atoms with Gasteiger partial charge >= 0.3 is 0 Å². The molecule has 0 saturated heterocycles. The van der Waals surface area contributed by atoms with E-state index in [0.717, 1.165) is 59.8 Å². The summed E-state index contributed by atoms with van der Waals surface area (Å²) in [7, 11) is 0. The zero-order chi connectivity index (χ0) is 21.0. The quantitative estimate of drug-likeness (QED) is 0.343. The zero-order valence-corrected chi connectivity index (χ0v) is 17.2. The maximum atomic E-state index is 5.88. The van der Waals surface area contributed by atoms with Crippen molar-refractivity contribution in [2.75, 3.05) is 30.7 Å². The molecule has 0 amide bonds. The van der Waals surface area contributed by atoms with E-state index in [1.165, 1.54) is 5.39 Å². The van der Waals surface area contributed by atoms with E-state index in [1.54, 1.807) is 6.20 Å². The molecule has 0 spiro atoms. The molecule has 3 heterocycles. The lowest BCUT2D eigenvalue weighted by atomic mass is 10.0. The first-order valence-corrected chi connectivity index (χ1v) is 10.5. The Morgan fingerprint density at radius 2 is 1.97 bits per heavy atom. The average molecular weight is 412 g/mol. The van der Waals surface area contributed by atoms with Crippen LogP contribution in [0.3, 0.4) is 0 Å². The van der Waals surface area contributed by atoms with E-state index in [2.05, 4.69) is 85.3 Å². The number of aromatic amines is 1. The first-order valence-electron chi connectivity index (χ1n) is 10.5. The molecule has 1 aliphatic heterocycles. The Balaban J connectivity index is 1.37. The summed E-state index contributed by atoms with van der Waals surface area (Å²) in [6.45, 7) is 2.68. The topological polar surface area (TPSA) is 94.9 Å². The number of nitrogens with two attached hydrogens (primary N) is 1. The van der Waals surface area contributed by atoms with Crippen molar-refractivity contribution in [3.05, 3.63) is 73.1 Å². The lowest BCUT2D eigenvalue weighted by molar-refractivity contribution is 0.266. The fraction of sp³-hybridized carbons (Fsp3) is 0.167. The molecule has 7 nitrogen and oxygen atoms in total. The summed E-state index contributed by atoms with van der Waals surface area (Å²) in [6.07, 6.45) is 6.85. The Bertz CT molecular complexity index is 1190. The fourth-order valence-electron chi connectivity index (χ4n) is 3.85. The number of nitrogens with one attached hydrogen (secondary N) is 3. The summed E-state index contributed by atoms with van der Waals surface area (Å²) >= 11 is 0. The lowest BCUT2D eigenvalue weighted by Crippen LogP contribution is -2.31. The first-order chi connectivity index (χ1) is 15.3. The summed E-state index contributed by atoms with van der Waals surface area (Å²) in [5, 5.41) is 6.81. The van der Waals surface area contributed by atoms with Gasteiger partial charge in [0, 0.05) is 54.2 Å². The smallest absolute Gasteiger partial charge is 0.221 e. The normalized spacial score (nSPS) is 13.5. The minimum absolute atomic E-state index is 0.267. The SMILES string of the molecule is Nc1ncc(-c2cccc(-c3cc4ccccc4[nH]3)c2)c(NCCCN2CC=CN2)n1. The van der Waals surface area contributed by atoms with Gasteiger partial charge in [0.2, 0.25) is 5.95 Å². The molecule has 4 aromatic rings. The Morgan fingerprint density at radius 3 is 2.84 bits per heavy atom. The molecule has 5 N–H and O–H groups in total. The van der Waals surface area contributed by atoms with Gasteiger partial charge in [0.15, 0.2) is 0 Å². The molecule has 7 heteroatoms. The zero-order valence-electron chi connectivity index (χ0n) is 17.2. The largest absolute Gasteiger partial charge is 0.369 e. The van der Waals surface area contributed by atoms with Gasteiger partial charge < -0.3 is 21.5 Å². The standard InChI is InChI=1S/C24H25N7/c25-24-27-16-20(23(30-24)26-10-4-12-31-13-5-11-28-31)17-7-3-8-18(14-17)22-15-19-6-1-2-9-21(19)29-22/h1-3,5-9,11,14-16,28-29H,4,10,12-13H2,(H3,25,26,27,30). The molecule has 0 radical (unpaired) electrons. The highest BCUT2D eigenvalue weighted by molar-refractivity contribution is 5.87. The second-order valence-electron chi connectivity index (χ2n) is 7.60. The summed E-state index contributed by atoms with van der Waals surface area (Å²) in [5.41, 5.74) is 14.4. The van der Waals surface area contributed by atoms with E-state index < -0.39 is 0 Å². The van der Waals surface area contributed by atoms with Crippen LogP contribution in [0.15, 0.2) is 73.1 Å². The molecule has 0 aliphatic carbocycles. The van der Waals surface area contributed by atoms with Crippen molar-refractivity contribution in [2.45, 2.75) is 6.42 Å². The number of hydrogen-bond acceptors (Lipinski definition) is 6. The van der Waals surface area contributed by atoms with Crippen molar-refractivity contribution in [2.24, 2.45) is 0 Å². The minimum Gasteiger partial charge on any atom is -0.369 e. The van der Waals surface area contributed by atoms with Crippen molar-refractivity contribution < 1.29 is 0 Å². The first kappa shape index (κ1) is 19.1. The van der Waals surface area contributed by atoms with Crippen LogP contribution in [-0.2, 0) is 0 Å². The van der Waals surface area contributed by atoms with Gasteiger partial charge in [-0.2, -0.15) is 4.98 Å². The van der Waals surface area contributed by atoms with E-state index in [9.17, 15) is 0 Å². The molecular weight excluding hydrogens is 386 g/mol. The molecule has 0 bridgehead atoms. The third-order valence-corrected chi connectivity index (χ3v) is 5.42. The van der Waals surface area contributed by atoms with Crippen LogP contribution in [-0.4, -0.2) is 39.6 Å². The van der Waals surface area contributed by atoms with E-state index in [0.29, 0.717) is 0 Å². The highest BCUT2D eigenvalue weighted by atomic mass is 15.5. The van der Waals surface area contributed by atoms with Gasteiger partial charge in [-0.25, -0.2) is 9.99 Å². The van der Waals surface area contributed by atoms with Gasteiger partial charge in [0.1, 0.15) is 5.82 Å². The van der Waals surface area contributed by atoms with Crippen LogP contribution in [0.25, 0.3) is 33.3 Å². The number of rotatable bonds is 7. The molecule has 156 valence electrons. The molecule has 1 aliphatic rings. The van der Waals surface area contributed by atoms with Crippen LogP contribution in [0.5, 0.6) is 0 Å². The molecule has 2 aromatic carbocycles. The number of benzene rings is 2. The van der Waals surface area contributed by atoms with E-state index in [4.69, 9.17) is 5.73 Å². The monoisotopic (exact) mass is 411 g/mol. The molecule has 0 unspecified atom stereocenters. The summed E-state index contributed by atoms with van der Waals surface area (Å²) < 4.78 is 0. The number of H-pyrrole nitrogens is 1. The fourth-order valence-corrected chi connectivity index (χ4v) is 3.85. The number of fused-ring (bicyclic) bond motifs is 1. The third kappa shape index (κ3) is 4.22. The minimum atomic E-state index is 0.267. The van der Waals surface area contributed by atoms with Crippen molar-refractivity contribution in [1.82, 2.24) is 25.4 Å². The van der Waals surface area contributed by atoms with Crippen LogP contribution in [0, 0.1) is 0 Å². The number of hydrazine groups is 1.